The van der Waals surface area contributed by atoms with Crippen LogP contribution in [-0.2, 0) is 18.9 Å². The van der Waals surface area contributed by atoms with E-state index in [4.69, 9.17) is 18.9 Å². The van der Waals surface area contributed by atoms with Gasteiger partial charge in [0.1, 0.15) is 24.4 Å². The van der Waals surface area contributed by atoms with Crippen LogP contribution in [0.1, 0.15) is 22.2 Å². The number of aliphatic hydroxyl groups excluding tert-OH is 1. The molecule has 2 N–H and O–H groups in total. The highest BCUT2D eigenvalue weighted by Crippen LogP contribution is 2.34. The Labute approximate surface area is 163 Å². The number of carbonyl (C=O) groups is 1. The van der Waals surface area contributed by atoms with Gasteiger partial charge in [0.05, 0.1) is 6.61 Å². The van der Waals surface area contributed by atoms with Gasteiger partial charge in [-0.15, -0.1) is 0 Å². The standard InChI is InChI=1S/C21H23NO6/c1-25-21-16(22-19(24)13-8-4-2-5-9-13)17(23)18-15(27-21)12-26-20(28-18)14-10-6-3-7-11-14/h2-11,15-18,20-21,23H,12H2,1H3,(H,22,24)/t15-,16-,17-,18-,20-,21-/m0/s1. The largest absolute Gasteiger partial charge is 0.388 e. The number of nitrogens with one attached hydrogen (secondary N) is 1. The molecule has 1 amide bonds. The zero-order valence-electron chi connectivity index (χ0n) is 15.4. The molecular formula is C21H23NO6. The normalized spacial score (nSPS) is 32.4. The summed E-state index contributed by atoms with van der Waals surface area (Å²) in [5, 5.41) is 13.8. The number of methoxy groups -OCH3 is 1. The summed E-state index contributed by atoms with van der Waals surface area (Å²) in [6.45, 7) is 0.250. The van der Waals surface area contributed by atoms with Crippen LogP contribution in [0.25, 0.3) is 0 Å². The average molecular weight is 385 g/mol. The van der Waals surface area contributed by atoms with Crippen molar-refractivity contribution in [1.82, 2.24) is 5.32 Å². The smallest absolute Gasteiger partial charge is 0.251 e. The van der Waals surface area contributed by atoms with Gasteiger partial charge < -0.3 is 29.4 Å². The van der Waals surface area contributed by atoms with E-state index in [0.29, 0.717) is 5.56 Å². The van der Waals surface area contributed by atoms with Gasteiger partial charge in [0, 0.05) is 18.2 Å². The van der Waals surface area contributed by atoms with E-state index in [-0.39, 0.29) is 12.5 Å². The number of ether oxygens (including phenoxy) is 4. The number of hydrogen-bond donors (Lipinski definition) is 2. The van der Waals surface area contributed by atoms with Crippen molar-refractivity contribution in [3.63, 3.8) is 0 Å². The first-order valence-corrected chi connectivity index (χ1v) is 9.21. The van der Waals surface area contributed by atoms with Crippen LogP contribution >= 0.6 is 0 Å². The molecule has 0 aromatic heterocycles. The van der Waals surface area contributed by atoms with Gasteiger partial charge in [-0.1, -0.05) is 48.5 Å². The highest BCUT2D eigenvalue weighted by Gasteiger charge is 2.50. The average Bonchev–Trinajstić information content (AvgIpc) is 2.76. The van der Waals surface area contributed by atoms with Gasteiger partial charge in [0.25, 0.3) is 5.91 Å². The number of fused-ring (bicyclic) bond motifs is 1. The predicted octanol–water partition coefficient (Wildman–Crippen LogP) is 1.63. The van der Waals surface area contributed by atoms with Crippen molar-refractivity contribution in [1.29, 1.82) is 0 Å². The van der Waals surface area contributed by atoms with Crippen LogP contribution in [-0.4, -0.2) is 55.4 Å². The minimum atomic E-state index is -1.02. The molecule has 148 valence electrons. The van der Waals surface area contributed by atoms with Crippen molar-refractivity contribution in [2.75, 3.05) is 13.7 Å². The number of rotatable bonds is 4. The minimum Gasteiger partial charge on any atom is -0.388 e. The summed E-state index contributed by atoms with van der Waals surface area (Å²) in [5.41, 5.74) is 1.34. The third-order valence-electron chi connectivity index (χ3n) is 5.00. The van der Waals surface area contributed by atoms with E-state index in [1.807, 2.05) is 36.4 Å². The van der Waals surface area contributed by atoms with E-state index in [2.05, 4.69) is 5.32 Å². The van der Waals surface area contributed by atoms with E-state index in [0.717, 1.165) is 5.56 Å². The summed E-state index contributed by atoms with van der Waals surface area (Å²) >= 11 is 0. The molecule has 7 nitrogen and oxygen atoms in total. The lowest BCUT2D eigenvalue weighted by Gasteiger charge is -2.47. The maximum atomic E-state index is 12.6. The van der Waals surface area contributed by atoms with Gasteiger partial charge in [-0.2, -0.15) is 0 Å². The van der Waals surface area contributed by atoms with Crippen molar-refractivity contribution in [3.05, 3.63) is 71.8 Å². The van der Waals surface area contributed by atoms with Crippen molar-refractivity contribution in [2.24, 2.45) is 0 Å². The summed E-state index contributed by atoms with van der Waals surface area (Å²) in [6, 6.07) is 17.5. The molecule has 2 aliphatic rings. The van der Waals surface area contributed by atoms with Crippen LogP contribution in [0.4, 0.5) is 0 Å². The second-order valence-corrected chi connectivity index (χ2v) is 6.81. The summed E-state index contributed by atoms with van der Waals surface area (Å²) in [5.74, 6) is -0.319. The maximum Gasteiger partial charge on any atom is 0.251 e. The number of aliphatic hydroxyl groups is 1. The third kappa shape index (κ3) is 3.80. The molecule has 0 spiro atoms. The summed E-state index contributed by atoms with van der Waals surface area (Å²) in [6.07, 6.45) is -3.60. The first-order valence-electron chi connectivity index (χ1n) is 9.21. The fourth-order valence-corrected chi connectivity index (χ4v) is 3.55. The quantitative estimate of drug-likeness (QED) is 0.832. The van der Waals surface area contributed by atoms with Crippen molar-refractivity contribution >= 4 is 5.91 Å². The van der Waals surface area contributed by atoms with E-state index in [9.17, 15) is 9.90 Å². The molecule has 2 heterocycles. The molecule has 2 aliphatic heterocycles. The summed E-state index contributed by atoms with van der Waals surface area (Å²) in [4.78, 5) is 12.6. The maximum absolute atomic E-state index is 12.6. The van der Waals surface area contributed by atoms with Gasteiger partial charge >= 0.3 is 0 Å². The Morgan fingerprint density at radius 2 is 1.75 bits per heavy atom. The van der Waals surface area contributed by atoms with Crippen LogP contribution in [0, 0.1) is 0 Å². The first-order chi connectivity index (χ1) is 13.7. The van der Waals surface area contributed by atoms with Crippen LogP contribution < -0.4 is 5.32 Å². The summed E-state index contributed by atoms with van der Waals surface area (Å²) < 4.78 is 23.0. The lowest BCUT2D eigenvalue weighted by Crippen LogP contribution is -2.66. The zero-order valence-corrected chi connectivity index (χ0v) is 15.4. The first kappa shape index (κ1) is 19.0. The van der Waals surface area contributed by atoms with Crippen molar-refractivity contribution in [2.45, 2.75) is 36.9 Å². The van der Waals surface area contributed by atoms with Crippen LogP contribution in [0.2, 0.25) is 0 Å². The van der Waals surface area contributed by atoms with Gasteiger partial charge in [0.2, 0.25) is 0 Å². The molecule has 0 saturated carbocycles. The topological polar surface area (TPSA) is 86.2 Å². The van der Waals surface area contributed by atoms with Crippen LogP contribution in [0.3, 0.4) is 0 Å². The lowest BCUT2D eigenvalue weighted by atomic mass is 9.95. The molecule has 0 aliphatic carbocycles. The zero-order chi connectivity index (χ0) is 19.5. The molecular weight excluding hydrogens is 362 g/mol. The van der Waals surface area contributed by atoms with E-state index in [1.165, 1.54) is 7.11 Å². The molecule has 28 heavy (non-hydrogen) atoms. The molecule has 6 atom stereocenters. The SMILES string of the molecule is CO[C@H]1O[C@H]2CO[C@H](c3ccccc3)O[C@@H]2[C@@H](O)[C@@H]1NC(=O)c1ccccc1. The predicted molar refractivity (Wildman–Crippen MR) is 99.4 cm³/mol. The highest BCUT2D eigenvalue weighted by atomic mass is 16.7. The lowest BCUT2D eigenvalue weighted by molar-refractivity contribution is -0.340. The van der Waals surface area contributed by atoms with E-state index < -0.39 is 36.9 Å². The molecule has 2 fully saturated rings. The molecule has 0 unspecified atom stereocenters. The Morgan fingerprint density at radius 1 is 1.07 bits per heavy atom. The van der Waals surface area contributed by atoms with Gasteiger partial charge in [-0.25, -0.2) is 0 Å². The molecule has 0 bridgehead atoms. The second kappa shape index (κ2) is 8.38. The molecule has 2 aromatic rings. The van der Waals surface area contributed by atoms with Gasteiger partial charge in [-0.05, 0) is 12.1 Å². The van der Waals surface area contributed by atoms with Crippen molar-refractivity contribution in [3.8, 4) is 0 Å². The van der Waals surface area contributed by atoms with Crippen LogP contribution in [0.15, 0.2) is 60.7 Å². The number of amides is 1. The number of hydrogen-bond acceptors (Lipinski definition) is 6. The Kier molecular flexibility index (Phi) is 5.70. The van der Waals surface area contributed by atoms with E-state index >= 15 is 0 Å². The van der Waals surface area contributed by atoms with Crippen LogP contribution in [0.5, 0.6) is 0 Å². The fraction of sp³-hybridized carbons (Fsp3) is 0.381. The molecule has 4 rings (SSSR count). The molecule has 2 aromatic carbocycles. The third-order valence-corrected chi connectivity index (χ3v) is 5.00. The Hall–Kier alpha value is -2.29. The second-order valence-electron chi connectivity index (χ2n) is 6.81. The molecule has 7 heteroatoms. The van der Waals surface area contributed by atoms with E-state index in [1.54, 1.807) is 24.3 Å². The minimum absolute atomic E-state index is 0.250. The molecule has 2 saturated heterocycles. The number of carbonyl (C=O) groups excluding carboxylic acids is 1. The Morgan fingerprint density at radius 3 is 2.43 bits per heavy atom. The van der Waals surface area contributed by atoms with Crippen molar-refractivity contribution < 1.29 is 28.8 Å². The Balaban J connectivity index is 1.50. The number of benzene rings is 2. The monoisotopic (exact) mass is 385 g/mol. The van der Waals surface area contributed by atoms with Gasteiger partial charge in [-0.3, -0.25) is 4.79 Å². The summed E-state index contributed by atoms with van der Waals surface area (Å²) in [7, 11) is 1.47. The van der Waals surface area contributed by atoms with Gasteiger partial charge in [0.15, 0.2) is 12.6 Å². The highest BCUT2D eigenvalue weighted by molar-refractivity contribution is 5.94. The molecule has 0 radical (unpaired) electrons. The Bertz CT molecular complexity index is 786. The fourth-order valence-electron chi connectivity index (χ4n) is 3.55.